The van der Waals surface area contributed by atoms with Gasteiger partial charge in [0.25, 0.3) is 0 Å². The van der Waals surface area contributed by atoms with Crippen LogP contribution in [0, 0.1) is 13.8 Å². The van der Waals surface area contributed by atoms with Gasteiger partial charge >= 0.3 is 5.97 Å². The zero-order chi connectivity index (χ0) is 21.0. The average Bonchev–Trinajstić information content (AvgIpc) is 2.69. The first-order valence-corrected chi connectivity index (χ1v) is 9.30. The lowest BCUT2D eigenvalue weighted by Crippen LogP contribution is -2.10. The second kappa shape index (κ2) is 8.56. The fourth-order valence-electron chi connectivity index (χ4n) is 3.07. The summed E-state index contributed by atoms with van der Waals surface area (Å²) >= 11 is 0. The number of rotatable bonds is 6. The summed E-state index contributed by atoms with van der Waals surface area (Å²) in [5.74, 6) is -0.850. The zero-order valence-corrected chi connectivity index (χ0v) is 16.7. The van der Waals surface area contributed by atoms with Gasteiger partial charge in [0.05, 0.1) is 35.4 Å². The highest BCUT2D eigenvalue weighted by molar-refractivity contribution is 5.97. The van der Waals surface area contributed by atoms with Crippen molar-refractivity contribution in [3.63, 3.8) is 0 Å². The van der Waals surface area contributed by atoms with Crippen LogP contribution in [-0.2, 0) is 4.74 Å². The number of hydrogen-bond donors (Lipinski definition) is 2. The van der Waals surface area contributed by atoms with Gasteiger partial charge in [-0.05, 0) is 56.7 Å². The Balaban J connectivity index is 1.91. The molecular formula is C23H23N3O3. The number of benzene rings is 2. The molecule has 0 aliphatic rings. The van der Waals surface area contributed by atoms with Crippen LogP contribution < -0.4 is 11.1 Å². The van der Waals surface area contributed by atoms with Crippen LogP contribution in [0.3, 0.4) is 0 Å². The molecule has 29 heavy (non-hydrogen) atoms. The standard InChI is InChI=1S/C23H23N3O3/c1-4-29-23(28)19-10-14(2)8-9-20(19)26-18-11-15(3)21(25-13-18)16-6-5-7-17(12-16)22(24)27/h5-13,26H,4H2,1-3H3,(H2,24,27). The van der Waals surface area contributed by atoms with E-state index in [0.29, 0.717) is 23.4 Å². The van der Waals surface area contributed by atoms with Gasteiger partial charge in [0.15, 0.2) is 0 Å². The van der Waals surface area contributed by atoms with E-state index in [1.165, 1.54) is 0 Å². The fraction of sp³-hybridized carbons (Fsp3) is 0.174. The highest BCUT2D eigenvalue weighted by Crippen LogP contribution is 2.27. The van der Waals surface area contributed by atoms with E-state index >= 15 is 0 Å². The lowest BCUT2D eigenvalue weighted by Gasteiger charge is -2.14. The molecule has 0 atom stereocenters. The van der Waals surface area contributed by atoms with Crippen LogP contribution in [-0.4, -0.2) is 23.5 Å². The summed E-state index contributed by atoms with van der Waals surface area (Å²) in [6, 6.07) is 14.6. The highest BCUT2D eigenvalue weighted by atomic mass is 16.5. The third-order valence-corrected chi connectivity index (χ3v) is 4.45. The van der Waals surface area contributed by atoms with Crippen molar-refractivity contribution in [2.24, 2.45) is 5.73 Å². The number of nitrogens with two attached hydrogens (primary N) is 1. The summed E-state index contributed by atoms with van der Waals surface area (Å²) in [4.78, 5) is 28.3. The first kappa shape index (κ1) is 20.1. The maximum Gasteiger partial charge on any atom is 0.340 e. The van der Waals surface area contributed by atoms with E-state index in [0.717, 1.165) is 28.1 Å². The van der Waals surface area contributed by atoms with Gasteiger partial charge in [-0.3, -0.25) is 9.78 Å². The van der Waals surface area contributed by atoms with Crippen molar-refractivity contribution in [3.05, 3.63) is 77.0 Å². The number of hydrogen-bond acceptors (Lipinski definition) is 5. The number of amides is 1. The SMILES string of the molecule is CCOC(=O)c1cc(C)ccc1Nc1cnc(-c2cccc(C(N)=O)c2)c(C)c1. The Kier molecular flexibility index (Phi) is 5.93. The molecule has 2 aromatic carbocycles. The third kappa shape index (κ3) is 4.60. The monoisotopic (exact) mass is 389 g/mol. The van der Waals surface area contributed by atoms with Crippen LogP contribution in [0.25, 0.3) is 11.3 Å². The van der Waals surface area contributed by atoms with Crippen molar-refractivity contribution in [1.82, 2.24) is 4.98 Å². The second-order valence-corrected chi connectivity index (χ2v) is 6.73. The van der Waals surface area contributed by atoms with Gasteiger partial charge in [0.2, 0.25) is 5.91 Å². The van der Waals surface area contributed by atoms with Crippen LogP contribution in [0.15, 0.2) is 54.7 Å². The van der Waals surface area contributed by atoms with Gasteiger partial charge in [0, 0.05) is 11.1 Å². The number of nitrogens with zero attached hydrogens (tertiary/aromatic N) is 1. The van der Waals surface area contributed by atoms with Crippen LogP contribution >= 0.6 is 0 Å². The minimum absolute atomic E-state index is 0.311. The third-order valence-electron chi connectivity index (χ3n) is 4.45. The first-order valence-electron chi connectivity index (χ1n) is 9.30. The Labute approximate surface area is 169 Å². The molecule has 0 unspecified atom stereocenters. The molecule has 0 aliphatic heterocycles. The Bertz CT molecular complexity index is 1080. The number of esters is 1. The Morgan fingerprint density at radius 1 is 1.10 bits per heavy atom. The zero-order valence-electron chi connectivity index (χ0n) is 16.7. The number of aryl methyl sites for hydroxylation is 2. The summed E-state index contributed by atoms with van der Waals surface area (Å²) in [7, 11) is 0. The lowest BCUT2D eigenvalue weighted by molar-refractivity contribution is 0.0527. The number of pyridine rings is 1. The van der Waals surface area contributed by atoms with E-state index < -0.39 is 5.91 Å². The molecule has 0 radical (unpaired) electrons. The topological polar surface area (TPSA) is 94.3 Å². The predicted octanol–water partition coefficient (Wildman–Crippen LogP) is 4.38. The average molecular weight is 389 g/mol. The molecule has 1 heterocycles. The predicted molar refractivity (Wildman–Crippen MR) is 113 cm³/mol. The molecule has 0 saturated heterocycles. The molecule has 3 rings (SSSR count). The molecule has 0 fully saturated rings. The van der Waals surface area contributed by atoms with Crippen LogP contribution in [0.2, 0.25) is 0 Å². The van der Waals surface area contributed by atoms with Gasteiger partial charge in [-0.2, -0.15) is 0 Å². The Hall–Kier alpha value is -3.67. The van der Waals surface area contributed by atoms with Crippen molar-refractivity contribution in [3.8, 4) is 11.3 Å². The Morgan fingerprint density at radius 3 is 2.59 bits per heavy atom. The number of carbonyl (C=O) groups excluding carboxylic acids is 2. The van der Waals surface area contributed by atoms with E-state index in [1.807, 2.05) is 38.1 Å². The largest absolute Gasteiger partial charge is 0.462 e. The number of nitrogens with one attached hydrogen (secondary N) is 1. The molecule has 1 amide bonds. The van der Waals surface area contributed by atoms with E-state index in [2.05, 4.69) is 10.3 Å². The minimum Gasteiger partial charge on any atom is -0.462 e. The number of ether oxygens (including phenoxy) is 1. The number of carbonyl (C=O) groups is 2. The van der Waals surface area contributed by atoms with Gasteiger partial charge in [-0.25, -0.2) is 4.79 Å². The summed E-state index contributed by atoms with van der Waals surface area (Å²) in [6.45, 7) is 5.95. The smallest absolute Gasteiger partial charge is 0.340 e. The number of primary amides is 1. The van der Waals surface area contributed by atoms with Gasteiger partial charge in [-0.1, -0.05) is 23.8 Å². The molecule has 3 aromatic rings. The first-order chi connectivity index (χ1) is 13.9. The molecule has 148 valence electrons. The van der Waals surface area contributed by atoms with Crippen molar-refractivity contribution in [2.75, 3.05) is 11.9 Å². The summed E-state index contributed by atoms with van der Waals surface area (Å²) < 4.78 is 5.16. The van der Waals surface area contributed by atoms with Crippen LogP contribution in [0.5, 0.6) is 0 Å². The molecule has 0 spiro atoms. The maximum absolute atomic E-state index is 12.3. The summed E-state index contributed by atoms with van der Waals surface area (Å²) in [5.41, 5.74) is 11.1. The van der Waals surface area contributed by atoms with Gasteiger partial charge in [0.1, 0.15) is 0 Å². The van der Waals surface area contributed by atoms with E-state index in [4.69, 9.17) is 10.5 Å². The van der Waals surface area contributed by atoms with E-state index in [1.54, 1.807) is 37.4 Å². The van der Waals surface area contributed by atoms with E-state index in [9.17, 15) is 9.59 Å². The van der Waals surface area contributed by atoms with Gasteiger partial charge in [-0.15, -0.1) is 0 Å². The van der Waals surface area contributed by atoms with Crippen molar-refractivity contribution < 1.29 is 14.3 Å². The lowest BCUT2D eigenvalue weighted by atomic mass is 10.0. The maximum atomic E-state index is 12.3. The molecule has 6 heteroatoms. The van der Waals surface area contributed by atoms with Crippen molar-refractivity contribution >= 4 is 23.3 Å². The quantitative estimate of drug-likeness (QED) is 0.610. The summed E-state index contributed by atoms with van der Waals surface area (Å²) in [6.07, 6.45) is 1.69. The van der Waals surface area contributed by atoms with Gasteiger partial charge < -0.3 is 15.8 Å². The highest BCUT2D eigenvalue weighted by Gasteiger charge is 2.14. The number of aromatic nitrogens is 1. The molecule has 0 saturated carbocycles. The second-order valence-electron chi connectivity index (χ2n) is 6.73. The van der Waals surface area contributed by atoms with Crippen LogP contribution in [0.1, 0.15) is 38.8 Å². The van der Waals surface area contributed by atoms with Crippen LogP contribution in [0.4, 0.5) is 11.4 Å². The van der Waals surface area contributed by atoms with Crippen molar-refractivity contribution in [1.29, 1.82) is 0 Å². The fourth-order valence-corrected chi connectivity index (χ4v) is 3.07. The molecule has 1 aromatic heterocycles. The molecule has 0 bridgehead atoms. The molecular weight excluding hydrogens is 366 g/mol. The van der Waals surface area contributed by atoms with E-state index in [-0.39, 0.29) is 5.97 Å². The summed E-state index contributed by atoms with van der Waals surface area (Å²) in [5, 5.41) is 3.25. The van der Waals surface area contributed by atoms with Crippen molar-refractivity contribution in [2.45, 2.75) is 20.8 Å². The Morgan fingerprint density at radius 2 is 1.90 bits per heavy atom. The molecule has 0 aliphatic carbocycles. The molecule has 3 N–H and O–H groups in total. The number of anilines is 2. The minimum atomic E-state index is -0.478. The molecule has 6 nitrogen and oxygen atoms in total. The normalized spacial score (nSPS) is 10.4.